The average Bonchev–Trinajstić information content (AvgIpc) is 2.71. The Morgan fingerprint density at radius 1 is 1.35 bits per heavy atom. The Morgan fingerprint density at radius 3 is 2.50 bits per heavy atom. The normalized spacial score (nSPS) is 22.9. The largest absolute Gasteiger partial charge is 0.480 e. The minimum Gasteiger partial charge on any atom is -0.480 e. The van der Waals surface area contributed by atoms with E-state index in [1.165, 1.54) is 4.90 Å². The van der Waals surface area contributed by atoms with Crippen molar-refractivity contribution in [3.05, 3.63) is 0 Å². The standard InChI is InChI=1S/C14H25NO5/c1-5-6-9-19-10-7-8-15(11(10)12(16)17)13(18)20-14(2,3)4/h10-11H,5-9H2,1-4H3,(H,16,17)/t10-,11-/m0/s1. The van der Waals surface area contributed by atoms with Gasteiger partial charge in [-0.15, -0.1) is 0 Å². The molecule has 1 amide bonds. The fourth-order valence-electron chi connectivity index (χ4n) is 2.14. The zero-order chi connectivity index (χ0) is 15.3. The third-order valence-electron chi connectivity index (χ3n) is 3.05. The number of amides is 1. The van der Waals surface area contributed by atoms with Crippen LogP contribution in [-0.4, -0.2) is 53.0 Å². The number of carboxylic acids is 1. The van der Waals surface area contributed by atoms with Crippen LogP contribution in [-0.2, 0) is 14.3 Å². The van der Waals surface area contributed by atoms with Gasteiger partial charge in [-0.25, -0.2) is 9.59 Å². The third-order valence-corrected chi connectivity index (χ3v) is 3.05. The van der Waals surface area contributed by atoms with E-state index >= 15 is 0 Å². The van der Waals surface area contributed by atoms with Crippen LogP contribution in [0.5, 0.6) is 0 Å². The van der Waals surface area contributed by atoms with E-state index in [2.05, 4.69) is 0 Å². The Bertz CT molecular complexity index is 350. The van der Waals surface area contributed by atoms with E-state index in [1.807, 2.05) is 6.92 Å². The minimum atomic E-state index is -1.05. The van der Waals surface area contributed by atoms with Crippen molar-refractivity contribution in [2.45, 2.75) is 64.7 Å². The third kappa shape index (κ3) is 4.67. The fraction of sp³-hybridized carbons (Fsp3) is 0.857. The number of carbonyl (C=O) groups excluding carboxylic acids is 1. The van der Waals surface area contributed by atoms with Gasteiger partial charge < -0.3 is 14.6 Å². The van der Waals surface area contributed by atoms with Gasteiger partial charge in [0.15, 0.2) is 6.04 Å². The van der Waals surface area contributed by atoms with Gasteiger partial charge in [0.1, 0.15) is 5.60 Å². The molecule has 1 aliphatic heterocycles. The number of rotatable bonds is 5. The first-order chi connectivity index (χ1) is 9.26. The molecule has 1 aliphatic rings. The maximum atomic E-state index is 12.0. The molecular formula is C14H25NO5. The predicted molar refractivity (Wildman–Crippen MR) is 73.6 cm³/mol. The maximum Gasteiger partial charge on any atom is 0.411 e. The molecule has 1 saturated heterocycles. The molecule has 1 rings (SSSR count). The van der Waals surface area contributed by atoms with Crippen LogP contribution in [0.4, 0.5) is 4.79 Å². The lowest BCUT2D eigenvalue weighted by molar-refractivity contribution is -0.146. The highest BCUT2D eigenvalue weighted by atomic mass is 16.6. The summed E-state index contributed by atoms with van der Waals surface area (Å²) in [5.41, 5.74) is -0.638. The van der Waals surface area contributed by atoms with Gasteiger partial charge in [0.05, 0.1) is 6.10 Å². The molecule has 0 saturated carbocycles. The lowest BCUT2D eigenvalue weighted by Gasteiger charge is -2.28. The molecule has 6 heteroatoms. The molecule has 0 aliphatic carbocycles. The highest BCUT2D eigenvalue weighted by molar-refractivity contribution is 5.81. The van der Waals surface area contributed by atoms with Crippen LogP contribution < -0.4 is 0 Å². The summed E-state index contributed by atoms with van der Waals surface area (Å²) in [5, 5.41) is 9.33. The van der Waals surface area contributed by atoms with Gasteiger partial charge in [-0.3, -0.25) is 4.90 Å². The molecule has 1 N–H and O–H groups in total. The summed E-state index contributed by atoms with van der Waals surface area (Å²) < 4.78 is 10.8. The van der Waals surface area contributed by atoms with E-state index in [-0.39, 0.29) is 0 Å². The van der Waals surface area contributed by atoms with Gasteiger partial charge in [0, 0.05) is 13.2 Å². The molecule has 1 fully saturated rings. The van der Waals surface area contributed by atoms with E-state index in [0.29, 0.717) is 19.6 Å². The van der Waals surface area contributed by atoms with E-state index in [0.717, 1.165) is 12.8 Å². The maximum absolute atomic E-state index is 12.0. The van der Waals surface area contributed by atoms with E-state index < -0.39 is 29.8 Å². The lowest BCUT2D eigenvalue weighted by Crippen LogP contribution is -2.47. The predicted octanol–water partition coefficient (Wildman–Crippen LogP) is 2.27. The molecule has 0 unspecified atom stereocenters. The van der Waals surface area contributed by atoms with Crippen LogP contribution in [0, 0.1) is 0 Å². The molecule has 116 valence electrons. The first-order valence-electron chi connectivity index (χ1n) is 7.10. The Labute approximate surface area is 120 Å². The number of hydrogen-bond acceptors (Lipinski definition) is 4. The molecule has 6 nitrogen and oxygen atoms in total. The highest BCUT2D eigenvalue weighted by Crippen LogP contribution is 2.24. The molecule has 0 bridgehead atoms. The van der Waals surface area contributed by atoms with Crippen molar-refractivity contribution in [2.24, 2.45) is 0 Å². The summed E-state index contributed by atoms with van der Waals surface area (Å²) in [6.45, 7) is 8.18. The molecule has 1 heterocycles. The van der Waals surface area contributed by atoms with Crippen molar-refractivity contribution in [1.29, 1.82) is 0 Å². The van der Waals surface area contributed by atoms with Crippen molar-refractivity contribution in [3.63, 3.8) is 0 Å². The van der Waals surface area contributed by atoms with Gasteiger partial charge in [0.25, 0.3) is 0 Å². The van der Waals surface area contributed by atoms with Crippen molar-refractivity contribution >= 4 is 12.1 Å². The van der Waals surface area contributed by atoms with E-state index in [4.69, 9.17) is 9.47 Å². The van der Waals surface area contributed by atoms with Crippen LogP contribution in [0.2, 0.25) is 0 Å². The summed E-state index contributed by atoms with van der Waals surface area (Å²) in [7, 11) is 0. The molecular weight excluding hydrogens is 262 g/mol. The average molecular weight is 287 g/mol. The number of likely N-dealkylation sites (tertiary alicyclic amines) is 1. The Kier molecular flexibility index (Phi) is 5.80. The molecule has 2 atom stereocenters. The summed E-state index contributed by atoms with van der Waals surface area (Å²) in [6.07, 6.45) is 1.35. The Hall–Kier alpha value is -1.30. The second-order valence-electron chi connectivity index (χ2n) is 6.01. The van der Waals surface area contributed by atoms with Crippen LogP contribution >= 0.6 is 0 Å². The number of carboxylic acid groups (broad SMARTS) is 1. The Balaban J connectivity index is 2.68. The van der Waals surface area contributed by atoms with Crippen LogP contribution in [0.15, 0.2) is 0 Å². The SMILES string of the molecule is CCCCO[C@H]1CCN(C(=O)OC(C)(C)C)[C@@H]1C(=O)O. The second kappa shape index (κ2) is 6.92. The zero-order valence-electron chi connectivity index (χ0n) is 12.7. The first-order valence-corrected chi connectivity index (χ1v) is 7.10. The highest BCUT2D eigenvalue weighted by Gasteiger charge is 2.44. The summed E-state index contributed by atoms with van der Waals surface area (Å²) >= 11 is 0. The molecule has 20 heavy (non-hydrogen) atoms. The van der Waals surface area contributed by atoms with E-state index in [9.17, 15) is 14.7 Å². The van der Waals surface area contributed by atoms with Crippen LogP contribution in [0.3, 0.4) is 0 Å². The smallest absolute Gasteiger partial charge is 0.411 e. The van der Waals surface area contributed by atoms with E-state index in [1.54, 1.807) is 20.8 Å². The van der Waals surface area contributed by atoms with Crippen molar-refractivity contribution in [1.82, 2.24) is 4.90 Å². The lowest BCUT2D eigenvalue weighted by atomic mass is 10.1. The van der Waals surface area contributed by atoms with Gasteiger partial charge in [0.2, 0.25) is 0 Å². The molecule has 0 aromatic carbocycles. The fourth-order valence-corrected chi connectivity index (χ4v) is 2.14. The summed E-state index contributed by atoms with van der Waals surface area (Å²) in [5.74, 6) is -1.05. The number of hydrogen-bond donors (Lipinski definition) is 1. The Morgan fingerprint density at radius 2 is 2.00 bits per heavy atom. The zero-order valence-corrected chi connectivity index (χ0v) is 12.7. The first kappa shape index (κ1) is 16.8. The quantitative estimate of drug-likeness (QED) is 0.785. The second-order valence-corrected chi connectivity index (χ2v) is 6.01. The topological polar surface area (TPSA) is 76.1 Å². The van der Waals surface area contributed by atoms with Crippen molar-refractivity contribution in [2.75, 3.05) is 13.2 Å². The number of aliphatic carboxylic acids is 1. The molecule has 0 spiro atoms. The molecule has 0 radical (unpaired) electrons. The minimum absolute atomic E-state index is 0.350. The number of carbonyl (C=O) groups is 2. The van der Waals surface area contributed by atoms with Gasteiger partial charge >= 0.3 is 12.1 Å². The summed E-state index contributed by atoms with van der Waals surface area (Å²) in [6, 6.07) is -0.957. The van der Waals surface area contributed by atoms with Crippen LogP contribution in [0.1, 0.15) is 47.0 Å². The molecule has 0 aromatic rings. The van der Waals surface area contributed by atoms with Gasteiger partial charge in [-0.2, -0.15) is 0 Å². The van der Waals surface area contributed by atoms with Gasteiger partial charge in [-0.1, -0.05) is 13.3 Å². The van der Waals surface area contributed by atoms with Crippen molar-refractivity contribution in [3.8, 4) is 0 Å². The monoisotopic (exact) mass is 287 g/mol. The summed E-state index contributed by atoms with van der Waals surface area (Å²) in [4.78, 5) is 24.7. The van der Waals surface area contributed by atoms with Gasteiger partial charge in [-0.05, 0) is 33.6 Å². The number of ether oxygens (including phenoxy) is 2. The van der Waals surface area contributed by atoms with Crippen LogP contribution in [0.25, 0.3) is 0 Å². The number of unbranched alkanes of at least 4 members (excludes halogenated alkanes) is 1. The number of nitrogens with zero attached hydrogens (tertiary/aromatic N) is 1. The van der Waals surface area contributed by atoms with Crippen molar-refractivity contribution < 1.29 is 24.2 Å². The molecule has 0 aromatic heterocycles.